The quantitative estimate of drug-likeness (QED) is 0.176. The second kappa shape index (κ2) is 17.0. The highest BCUT2D eigenvalue weighted by Crippen LogP contribution is 2.41. The molecule has 0 fully saturated rings. The van der Waals surface area contributed by atoms with Crippen LogP contribution in [0.4, 0.5) is 0 Å². The largest absolute Gasteiger partial charge is 0.456 e. The van der Waals surface area contributed by atoms with Crippen LogP contribution >= 0.6 is 15.9 Å². The van der Waals surface area contributed by atoms with Crippen LogP contribution in [0, 0.1) is 0 Å². The van der Waals surface area contributed by atoms with Crippen LogP contribution < -0.4 is 0 Å². The maximum atomic E-state index is 6.39. The van der Waals surface area contributed by atoms with Gasteiger partial charge >= 0.3 is 0 Å². The van der Waals surface area contributed by atoms with E-state index in [1.165, 1.54) is 65.4 Å². The van der Waals surface area contributed by atoms with E-state index in [-0.39, 0.29) is 0 Å². The van der Waals surface area contributed by atoms with E-state index < -0.39 is 0 Å². The van der Waals surface area contributed by atoms with Gasteiger partial charge in [-0.25, -0.2) is 0 Å². The molecule has 0 radical (unpaired) electrons. The van der Waals surface area contributed by atoms with E-state index in [0.29, 0.717) is 0 Å². The zero-order chi connectivity index (χ0) is 51.9. The summed E-state index contributed by atoms with van der Waals surface area (Å²) in [6.07, 6.45) is 0. The molecule has 370 valence electrons. The molecule has 6 heterocycles. The van der Waals surface area contributed by atoms with E-state index in [1.807, 2.05) is 12.1 Å². The lowest BCUT2D eigenvalue weighted by Gasteiger charge is -2.08. The molecule has 18 aromatic rings. The maximum Gasteiger partial charge on any atom is 0.135 e. The van der Waals surface area contributed by atoms with Crippen LogP contribution in [0.5, 0.6) is 0 Å². The van der Waals surface area contributed by atoms with Crippen molar-refractivity contribution >= 4 is 147 Å². The lowest BCUT2D eigenvalue weighted by Crippen LogP contribution is -1.93. The summed E-state index contributed by atoms with van der Waals surface area (Å²) in [6.45, 7) is 0. The zero-order valence-electron chi connectivity index (χ0n) is 42.2. The molecule has 18 rings (SSSR count). The van der Waals surface area contributed by atoms with Gasteiger partial charge in [-0.15, -0.1) is 0 Å². The fraction of sp³-hybridized carbons (Fsp3) is 0. The van der Waals surface area contributed by atoms with Crippen LogP contribution in [0.2, 0.25) is 0 Å². The molecular weight excluding hydrogens is 1030 g/mol. The molecule has 0 aliphatic carbocycles. The second-order valence-electron chi connectivity index (χ2n) is 20.5. The van der Waals surface area contributed by atoms with Crippen molar-refractivity contribution in [1.82, 2.24) is 13.7 Å². The predicted octanol–water partition coefficient (Wildman–Crippen LogP) is 20.8. The minimum atomic E-state index is 0.878. The van der Waals surface area contributed by atoms with Gasteiger partial charge in [0.2, 0.25) is 0 Å². The summed E-state index contributed by atoms with van der Waals surface area (Å²) >= 11 is 3.58. The van der Waals surface area contributed by atoms with Crippen LogP contribution in [0.25, 0.3) is 159 Å². The smallest absolute Gasteiger partial charge is 0.135 e. The van der Waals surface area contributed by atoms with Crippen molar-refractivity contribution in [3.05, 3.63) is 259 Å². The van der Waals surface area contributed by atoms with Crippen molar-refractivity contribution in [2.75, 3.05) is 0 Å². The van der Waals surface area contributed by atoms with Gasteiger partial charge in [0, 0.05) is 86.2 Å². The van der Waals surface area contributed by atoms with Gasteiger partial charge in [0.15, 0.2) is 0 Å². The summed E-state index contributed by atoms with van der Waals surface area (Å²) in [6, 6.07) is 90.4. The number of fused-ring (bicyclic) bond motifs is 18. The Morgan fingerprint density at radius 2 is 0.456 bits per heavy atom. The third-order valence-electron chi connectivity index (χ3n) is 16.2. The SMILES string of the molecule is Brc1ccc2oc3ccc(-n4c5ccccc5c5ccccc54)cc3c2c1.c1ccc2c(c1)c1ccccc1n2-c1ccc2oc3ccc(-c4ccc5oc6ccc(-n7c8ccccc8c8ccccc87)cc6c5c4)cc3c2c1. The minimum Gasteiger partial charge on any atom is -0.456 e. The first kappa shape index (κ1) is 44.1. The summed E-state index contributed by atoms with van der Waals surface area (Å²) < 4.78 is 26.9. The first-order chi connectivity index (χ1) is 39.1. The van der Waals surface area contributed by atoms with Crippen LogP contribution in [0.1, 0.15) is 0 Å². The third-order valence-corrected chi connectivity index (χ3v) is 16.7. The normalized spacial score (nSPS) is 12.1. The van der Waals surface area contributed by atoms with E-state index in [1.54, 1.807) is 0 Å². The fourth-order valence-electron chi connectivity index (χ4n) is 12.6. The Morgan fingerprint density at radius 3 is 0.759 bits per heavy atom. The molecule has 6 nitrogen and oxygen atoms in total. The Hall–Kier alpha value is -10.1. The predicted molar refractivity (Wildman–Crippen MR) is 331 cm³/mol. The summed E-state index contributed by atoms with van der Waals surface area (Å²) in [4.78, 5) is 0. The number of hydrogen-bond acceptors (Lipinski definition) is 3. The van der Waals surface area contributed by atoms with Gasteiger partial charge in [-0.05, 0) is 145 Å². The Balaban J connectivity index is 0.000000156. The summed E-state index contributed by atoms with van der Waals surface area (Å²) in [7, 11) is 0. The number of benzene rings is 12. The number of para-hydroxylation sites is 6. The van der Waals surface area contributed by atoms with Gasteiger partial charge in [-0.1, -0.05) is 137 Å². The number of furan rings is 3. The van der Waals surface area contributed by atoms with Gasteiger partial charge in [-0.3, -0.25) is 0 Å². The van der Waals surface area contributed by atoms with Crippen LogP contribution in [-0.2, 0) is 0 Å². The Labute approximate surface area is 458 Å². The van der Waals surface area contributed by atoms with Gasteiger partial charge in [0.1, 0.15) is 33.5 Å². The maximum absolute atomic E-state index is 6.39. The highest BCUT2D eigenvalue weighted by atomic mass is 79.9. The molecule has 0 atom stereocenters. The van der Waals surface area contributed by atoms with Crippen molar-refractivity contribution in [2.24, 2.45) is 0 Å². The molecule has 0 spiro atoms. The van der Waals surface area contributed by atoms with Crippen molar-refractivity contribution in [2.45, 2.75) is 0 Å². The average molecular weight is 1080 g/mol. The molecule has 0 saturated heterocycles. The highest BCUT2D eigenvalue weighted by Gasteiger charge is 2.19. The van der Waals surface area contributed by atoms with E-state index in [4.69, 9.17) is 13.3 Å². The summed E-state index contributed by atoms with van der Waals surface area (Å²) in [5.74, 6) is 0. The van der Waals surface area contributed by atoms with Gasteiger partial charge in [0.05, 0.1) is 33.1 Å². The lowest BCUT2D eigenvalue weighted by molar-refractivity contribution is 0.668. The van der Waals surface area contributed by atoms with Crippen molar-refractivity contribution in [1.29, 1.82) is 0 Å². The number of halogens is 1. The summed E-state index contributed by atoms with van der Waals surface area (Å²) in [5.41, 5.74) is 18.2. The van der Waals surface area contributed by atoms with Crippen molar-refractivity contribution < 1.29 is 13.3 Å². The molecule has 0 aliphatic heterocycles. The monoisotopic (exact) mass is 1080 g/mol. The van der Waals surface area contributed by atoms with Gasteiger partial charge in [0.25, 0.3) is 0 Å². The van der Waals surface area contributed by atoms with E-state index in [0.717, 1.165) is 98.5 Å². The first-order valence-electron chi connectivity index (χ1n) is 26.6. The molecule has 0 bridgehead atoms. The van der Waals surface area contributed by atoms with Crippen molar-refractivity contribution in [3.63, 3.8) is 0 Å². The highest BCUT2D eigenvalue weighted by molar-refractivity contribution is 9.10. The zero-order valence-corrected chi connectivity index (χ0v) is 43.8. The number of rotatable bonds is 4. The average Bonchev–Trinajstić information content (AvgIpc) is 4.50. The Morgan fingerprint density at radius 1 is 0.215 bits per heavy atom. The van der Waals surface area contributed by atoms with Gasteiger partial charge in [-0.2, -0.15) is 0 Å². The van der Waals surface area contributed by atoms with Crippen molar-refractivity contribution in [3.8, 4) is 28.2 Å². The molecule has 7 heteroatoms. The molecule has 6 aromatic heterocycles. The molecule has 0 aliphatic rings. The number of nitrogens with zero attached hydrogens (tertiary/aromatic N) is 3. The topological polar surface area (TPSA) is 54.2 Å². The minimum absolute atomic E-state index is 0.878. The third kappa shape index (κ3) is 6.70. The number of hydrogen-bond donors (Lipinski definition) is 0. The van der Waals surface area contributed by atoms with E-state index in [9.17, 15) is 0 Å². The van der Waals surface area contributed by atoms with E-state index >= 15 is 0 Å². The number of aromatic nitrogens is 3. The lowest BCUT2D eigenvalue weighted by atomic mass is 10.0. The molecule has 0 N–H and O–H groups in total. The standard InChI is InChI=1S/C48H28N2O2.C24H14BrNO/c1-5-13-41-33(9-1)34-10-2-6-14-42(34)49(41)31-19-23-47-39(27-31)37-25-29(17-21-45(37)51-47)30-18-22-46-38(26-30)40-28-32(20-24-48(40)52-46)50-43-15-7-3-11-35(43)36-12-4-8-16-44(36)50;25-15-9-11-23-19(13-15)20-14-16(10-12-24(20)27-23)26-21-7-3-1-5-17(21)18-6-2-4-8-22(18)26/h1-28H;1-14H. The van der Waals surface area contributed by atoms with Crippen LogP contribution in [0.3, 0.4) is 0 Å². The molecule has 79 heavy (non-hydrogen) atoms. The van der Waals surface area contributed by atoms with Crippen LogP contribution in [-0.4, -0.2) is 13.7 Å². The molecule has 0 unspecified atom stereocenters. The first-order valence-corrected chi connectivity index (χ1v) is 27.4. The molecule has 0 amide bonds. The van der Waals surface area contributed by atoms with E-state index in [2.05, 4.69) is 272 Å². The van der Waals surface area contributed by atoms with Gasteiger partial charge < -0.3 is 27.0 Å². The van der Waals surface area contributed by atoms with Crippen LogP contribution in [0.15, 0.2) is 273 Å². The summed E-state index contributed by atoms with van der Waals surface area (Å²) in [5, 5.41) is 14.2. The second-order valence-corrected chi connectivity index (χ2v) is 21.4. The Kier molecular flexibility index (Phi) is 9.46. The molecule has 0 saturated carbocycles. The molecule has 12 aromatic carbocycles. The molecular formula is C72H42BrN3O3. The fourth-order valence-corrected chi connectivity index (χ4v) is 13.0. The Bertz CT molecular complexity index is 5160.